The first kappa shape index (κ1) is 19.0. The Hall–Kier alpha value is -3.35. The fourth-order valence-electron chi connectivity index (χ4n) is 3.80. The Morgan fingerprint density at radius 3 is 2.83 bits per heavy atom. The SMILES string of the molecule is Cc1cc(CCc2c[nH]c3ccccc23)oc(=O)c1C(=O)NCC1CNC(=O)C1. The number of rotatable bonds is 6. The molecule has 150 valence electrons. The summed E-state index contributed by atoms with van der Waals surface area (Å²) < 4.78 is 5.42. The lowest BCUT2D eigenvalue weighted by Gasteiger charge is -2.10. The molecule has 1 fully saturated rings. The van der Waals surface area contributed by atoms with Crippen LogP contribution in [0.2, 0.25) is 0 Å². The average Bonchev–Trinajstić information content (AvgIpc) is 3.30. The Morgan fingerprint density at radius 2 is 2.07 bits per heavy atom. The van der Waals surface area contributed by atoms with Gasteiger partial charge in [0, 0.05) is 48.9 Å². The van der Waals surface area contributed by atoms with Crippen molar-refractivity contribution < 1.29 is 14.0 Å². The van der Waals surface area contributed by atoms with Gasteiger partial charge in [0.2, 0.25) is 5.91 Å². The minimum absolute atomic E-state index is 0.0144. The smallest absolute Gasteiger partial charge is 0.349 e. The molecular weight excluding hydrogens is 370 g/mol. The van der Waals surface area contributed by atoms with E-state index in [2.05, 4.69) is 21.7 Å². The summed E-state index contributed by atoms with van der Waals surface area (Å²) >= 11 is 0. The zero-order chi connectivity index (χ0) is 20.4. The van der Waals surface area contributed by atoms with Crippen LogP contribution in [0.25, 0.3) is 10.9 Å². The highest BCUT2D eigenvalue weighted by Gasteiger charge is 2.23. The molecule has 0 bridgehead atoms. The highest BCUT2D eigenvalue weighted by Crippen LogP contribution is 2.20. The lowest BCUT2D eigenvalue weighted by atomic mass is 10.0. The molecule has 3 heterocycles. The predicted octanol–water partition coefficient (Wildman–Crippen LogP) is 2.08. The molecule has 0 spiro atoms. The Kier molecular flexibility index (Phi) is 5.20. The Balaban J connectivity index is 1.43. The monoisotopic (exact) mass is 393 g/mol. The number of nitrogens with one attached hydrogen (secondary N) is 3. The van der Waals surface area contributed by atoms with Gasteiger partial charge in [-0.3, -0.25) is 9.59 Å². The minimum Gasteiger partial charge on any atom is -0.427 e. The zero-order valence-corrected chi connectivity index (χ0v) is 16.2. The molecule has 1 aliphatic rings. The molecule has 1 unspecified atom stereocenters. The quantitative estimate of drug-likeness (QED) is 0.596. The van der Waals surface area contributed by atoms with Crippen LogP contribution in [0.4, 0.5) is 0 Å². The van der Waals surface area contributed by atoms with Gasteiger partial charge in [-0.25, -0.2) is 4.79 Å². The highest BCUT2D eigenvalue weighted by atomic mass is 16.4. The molecule has 3 N–H and O–H groups in total. The van der Waals surface area contributed by atoms with E-state index in [1.165, 1.54) is 0 Å². The molecule has 0 saturated carbocycles. The number of aromatic amines is 1. The van der Waals surface area contributed by atoms with E-state index in [4.69, 9.17) is 4.42 Å². The van der Waals surface area contributed by atoms with Crippen molar-refractivity contribution >= 4 is 22.7 Å². The first-order chi connectivity index (χ1) is 14.0. The van der Waals surface area contributed by atoms with E-state index in [0.717, 1.165) is 22.9 Å². The maximum Gasteiger partial charge on any atom is 0.349 e. The van der Waals surface area contributed by atoms with Crippen molar-refractivity contribution in [2.24, 2.45) is 5.92 Å². The van der Waals surface area contributed by atoms with E-state index < -0.39 is 11.5 Å². The van der Waals surface area contributed by atoms with E-state index in [0.29, 0.717) is 37.3 Å². The third-order valence-corrected chi connectivity index (χ3v) is 5.36. The number of hydrogen-bond donors (Lipinski definition) is 3. The van der Waals surface area contributed by atoms with Crippen LogP contribution in [0.1, 0.15) is 33.7 Å². The third kappa shape index (κ3) is 4.08. The van der Waals surface area contributed by atoms with Gasteiger partial charge < -0.3 is 20.0 Å². The van der Waals surface area contributed by atoms with Crippen LogP contribution in [0, 0.1) is 12.8 Å². The Bertz CT molecular complexity index is 1130. The minimum atomic E-state index is -0.628. The number of para-hydroxylation sites is 1. The fourth-order valence-corrected chi connectivity index (χ4v) is 3.80. The molecule has 2 aromatic heterocycles. The molecule has 2 amide bonds. The Labute approximate surface area is 167 Å². The van der Waals surface area contributed by atoms with Crippen LogP contribution in [0.5, 0.6) is 0 Å². The van der Waals surface area contributed by atoms with E-state index in [1.54, 1.807) is 13.0 Å². The molecule has 0 aliphatic carbocycles. The molecule has 4 rings (SSSR count). The summed E-state index contributed by atoms with van der Waals surface area (Å²) in [5.41, 5.74) is 2.22. The van der Waals surface area contributed by atoms with E-state index in [9.17, 15) is 14.4 Å². The Morgan fingerprint density at radius 1 is 1.24 bits per heavy atom. The summed E-state index contributed by atoms with van der Waals surface area (Å²) in [6.45, 7) is 2.62. The molecule has 7 heteroatoms. The second-order valence-corrected chi connectivity index (χ2v) is 7.50. The van der Waals surface area contributed by atoms with Gasteiger partial charge in [-0.15, -0.1) is 0 Å². The molecule has 1 aromatic carbocycles. The number of carbonyl (C=O) groups is 2. The maximum absolute atomic E-state index is 12.4. The van der Waals surface area contributed by atoms with Crippen molar-refractivity contribution in [3.63, 3.8) is 0 Å². The third-order valence-electron chi connectivity index (χ3n) is 5.36. The van der Waals surface area contributed by atoms with Crippen LogP contribution >= 0.6 is 0 Å². The van der Waals surface area contributed by atoms with E-state index in [-0.39, 0.29) is 17.4 Å². The summed E-state index contributed by atoms with van der Waals surface area (Å²) in [5, 5.41) is 6.62. The molecular formula is C22H23N3O4. The number of amides is 2. The number of fused-ring (bicyclic) bond motifs is 1. The average molecular weight is 393 g/mol. The molecule has 1 saturated heterocycles. The normalized spacial score (nSPS) is 16.2. The van der Waals surface area contributed by atoms with E-state index >= 15 is 0 Å². The number of hydrogen-bond acceptors (Lipinski definition) is 4. The summed E-state index contributed by atoms with van der Waals surface area (Å²) in [6.07, 6.45) is 3.65. The highest BCUT2D eigenvalue weighted by molar-refractivity contribution is 5.95. The summed E-state index contributed by atoms with van der Waals surface area (Å²) in [4.78, 5) is 39.4. The molecule has 1 atom stereocenters. The summed E-state index contributed by atoms with van der Waals surface area (Å²) in [5.74, 6) is 0.132. The van der Waals surface area contributed by atoms with Crippen LogP contribution in [0.3, 0.4) is 0 Å². The summed E-state index contributed by atoms with van der Waals surface area (Å²) in [7, 11) is 0. The van der Waals surface area contributed by atoms with Crippen LogP contribution in [-0.2, 0) is 17.6 Å². The number of aromatic nitrogens is 1. The first-order valence-electron chi connectivity index (χ1n) is 9.75. The van der Waals surface area contributed by atoms with Gasteiger partial charge in [0.25, 0.3) is 5.91 Å². The summed E-state index contributed by atoms with van der Waals surface area (Å²) in [6, 6.07) is 9.81. The molecule has 0 radical (unpaired) electrons. The van der Waals surface area contributed by atoms with Crippen molar-refractivity contribution in [1.29, 1.82) is 0 Å². The lowest BCUT2D eigenvalue weighted by Crippen LogP contribution is -2.34. The van der Waals surface area contributed by atoms with Crippen LogP contribution < -0.4 is 16.3 Å². The maximum atomic E-state index is 12.4. The number of H-pyrrole nitrogens is 1. The van der Waals surface area contributed by atoms with Gasteiger partial charge in [-0.2, -0.15) is 0 Å². The van der Waals surface area contributed by atoms with Crippen molar-refractivity contribution in [3.05, 3.63) is 69.4 Å². The number of aryl methyl sites for hydroxylation is 3. The van der Waals surface area contributed by atoms with Gasteiger partial charge in [-0.1, -0.05) is 18.2 Å². The van der Waals surface area contributed by atoms with Crippen molar-refractivity contribution in [1.82, 2.24) is 15.6 Å². The molecule has 1 aliphatic heterocycles. The second-order valence-electron chi connectivity index (χ2n) is 7.50. The van der Waals surface area contributed by atoms with Gasteiger partial charge in [-0.05, 0) is 36.6 Å². The standard InChI is InChI=1S/C22H23N3O4/c1-13-8-16(7-6-15-12-23-18-5-3-2-4-17(15)18)29-22(28)20(13)21(27)25-11-14-9-19(26)24-10-14/h2-5,8,12,14,23H,6-7,9-11H2,1H3,(H,24,26)(H,25,27). The molecule has 29 heavy (non-hydrogen) atoms. The van der Waals surface area contributed by atoms with Gasteiger partial charge >= 0.3 is 5.63 Å². The first-order valence-corrected chi connectivity index (χ1v) is 9.75. The zero-order valence-electron chi connectivity index (χ0n) is 16.2. The van der Waals surface area contributed by atoms with Gasteiger partial charge in [0.1, 0.15) is 11.3 Å². The number of benzene rings is 1. The van der Waals surface area contributed by atoms with Crippen LogP contribution in [0.15, 0.2) is 45.7 Å². The van der Waals surface area contributed by atoms with Gasteiger partial charge in [0.15, 0.2) is 0 Å². The lowest BCUT2D eigenvalue weighted by molar-refractivity contribution is -0.119. The molecule has 7 nitrogen and oxygen atoms in total. The van der Waals surface area contributed by atoms with Crippen molar-refractivity contribution in [2.45, 2.75) is 26.2 Å². The fraction of sp³-hybridized carbons (Fsp3) is 0.318. The van der Waals surface area contributed by atoms with E-state index in [1.807, 2.05) is 24.4 Å². The second kappa shape index (κ2) is 7.95. The van der Waals surface area contributed by atoms with Crippen molar-refractivity contribution in [2.75, 3.05) is 13.1 Å². The number of carbonyl (C=O) groups excluding carboxylic acids is 2. The largest absolute Gasteiger partial charge is 0.427 e. The molecule has 3 aromatic rings. The predicted molar refractivity (Wildman–Crippen MR) is 109 cm³/mol. The van der Waals surface area contributed by atoms with Gasteiger partial charge in [0.05, 0.1) is 0 Å². The van der Waals surface area contributed by atoms with Crippen LogP contribution in [-0.4, -0.2) is 29.9 Å². The topological polar surface area (TPSA) is 104 Å². The van der Waals surface area contributed by atoms with Crippen molar-refractivity contribution in [3.8, 4) is 0 Å².